The van der Waals surface area contributed by atoms with Crippen LogP contribution in [0.3, 0.4) is 0 Å². The van der Waals surface area contributed by atoms with Gasteiger partial charge in [0.05, 0.1) is 12.8 Å². The van der Waals surface area contributed by atoms with Crippen molar-refractivity contribution in [1.29, 1.82) is 0 Å². The molecular formula is C20H20N4O3. The molecule has 1 amide bonds. The predicted molar refractivity (Wildman–Crippen MR) is 103 cm³/mol. The Labute approximate surface area is 157 Å². The summed E-state index contributed by atoms with van der Waals surface area (Å²) in [4.78, 5) is 12.2. The average Bonchev–Trinajstić information content (AvgIpc) is 3.22. The van der Waals surface area contributed by atoms with Crippen LogP contribution in [0.25, 0.3) is 11.8 Å². The molecule has 0 fully saturated rings. The average molecular weight is 364 g/mol. The second-order valence-corrected chi connectivity index (χ2v) is 5.67. The summed E-state index contributed by atoms with van der Waals surface area (Å²) < 4.78 is 12.7. The Balaban J connectivity index is 1.63. The topological polar surface area (TPSA) is 78.3 Å². The smallest absolute Gasteiger partial charge is 0.262 e. The molecule has 0 aliphatic rings. The number of allylic oxidation sites excluding steroid dienone is 1. The summed E-state index contributed by atoms with van der Waals surface area (Å²) in [7, 11) is 1.57. The molecule has 3 aromatic rings. The second-order valence-electron chi connectivity index (χ2n) is 5.67. The Hall–Kier alpha value is -3.61. The van der Waals surface area contributed by atoms with E-state index in [1.807, 2.05) is 49.4 Å². The molecule has 1 N–H and O–H groups in total. The van der Waals surface area contributed by atoms with E-state index in [9.17, 15) is 4.79 Å². The Bertz CT molecular complexity index is 936. The Kier molecular flexibility index (Phi) is 5.84. The van der Waals surface area contributed by atoms with E-state index >= 15 is 0 Å². The first kappa shape index (κ1) is 18.2. The highest BCUT2D eigenvalue weighted by atomic mass is 16.5. The van der Waals surface area contributed by atoms with E-state index in [2.05, 4.69) is 15.5 Å². The lowest BCUT2D eigenvalue weighted by atomic mass is 10.2. The van der Waals surface area contributed by atoms with Gasteiger partial charge in [0.15, 0.2) is 18.1 Å². The van der Waals surface area contributed by atoms with Crippen molar-refractivity contribution in [2.24, 2.45) is 0 Å². The number of ether oxygens (including phenoxy) is 2. The standard InChI is InChI=1S/C20H20N4O3/c1-3-5-15-8-9-18(19(10-15)26-2)27-12-20(25)23-16-6-4-7-17(11-16)24-13-21-22-14-24/h3-11,13-14H,12H2,1-2H3,(H,23,25). The molecule has 0 spiro atoms. The number of amides is 1. The van der Waals surface area contributed by atoms with E-state index in [-0.39, 0.29) is 12.5 Å². The highest BCUT2D eigenvalue weighted by Crippen LogP contribution is 2.28. The number of benzene rings is 2. The van der Waals surface area contributed by atoms with Gasteiger partial charge in [-0.25, -0.2) is 0 Å². The Morgan fingerprint density at radius 2 is 1.96 bits per heavy atom. The minimum Gasteiger partial charge on any atom is -0.493 e. The molecule has 0 radical (unpaired) electrons. The summed E-state index contributed by atoms with van der Waals surface area (Å²) in [5.74, 6) is 0.822. The maximum atomic E-state index is 12.2. The molecule has 138 valence electrons. The number of rotatable bonds is 7. The van der Waals surface area contributed by atoms with Crippen molar-refractivity contribution < 1.29 is 14.3 Å². The highest BCUT2D eigenvalue weighted by molar-refractivity contribution is 5.92. The summed E-state index contributed by atoms with van der Waals surface area (Å²) in [5, 5.41) is 10.4. The monoisotopic (exact) mass is 364 g/mol. The minimum atomic E-state index is -0.268. The number of nitrogens with zero attached hydrogens (tertiary/aromatic N) is 3. The van der Waals surface area contributed by atoms with Crippen molar-refractivity contribution in [3.8, 4) is 17.2 Å². The molecule has 3 rings (SSSR count). The number of hydrogen-bond donors (Lipinski definition) is 1. The number of carbonyl (C=O) groups excluding carboxylic acids is 1. The van der Waals surface area contributed by atoms with E-state index in [0.717, 1.165) is 11.3 Å². The van der Waals surface area contributed by atoms with E-state index in [4.69, 9.17) is 9.47 Å². The molecule has 7 nitrogen and oxygen atoms in total. The van der Waals surface area contributed by atoms with Crippen LogP contribution in [0.4, 0.5) is 5.69 Å². The van der Waals surface area contributed by atoms with E-state index in [1.165, 1.54) is 0 Å². The molecule has 1 heterocycles. The van der Waals surface area contributed by atoms with Gasteiger partial charge in [-0.2, -0.15) is 0 Å². The summed E-state index contributed by atoms with van der Waals surface area (Å²) >= 11 is 0. The summed E-state index contributed by atoms with van der Waals surface area (Å²) in [6.45, 7) is 1.82. The maximum Gasteiger partial charge on any atom is 0.262 e. The fourth-order valence-corrected chi connectivity index (χ4v) is 2.52. The van der Waals surface area contributed by atoms with Gasteiger partial charge >= 0.3 is 0 Å². The molecule has 27 heavy (non-hydrogen) atoms. The lowest BCUT2D eigenvalue weighted by Crippen LogP contribution is -2.20. The van der Waals surface area contributed by atoms with E-state index in [1.54, 1.807) is 36.5 Å². The van der Waals surface area contributed by atoms with Gasteiger partial charge in [0.25, 0.3) is 5.91 Å². The van der Waals surface area contributed by atoms with E-state index < -0.39 is 0 Å². The molecule has 0 aliphatic heterocycles. The number of anilines is 1. The quantitative estimate of drug-likeness (QED) is 0.696. The number of methoxy groups -OCH3 is 1. The van der Waals surface area contributed by atoms with Gasteiger partial charge in [0, 0.05) is 5.69 Å². The van der Waals surface area contributed by atoms with Gasteiger partial charge in [0.1, 0.15) is 12.7 Å². The third-order valence-corrected chi connectivity index (χ3v) is 3.75. The summed E-state index contributed by atoms with van der Waals surface area (Å²) in [5.41, 5.74) is 2.50. The van der Waals surface area contributed by atoms with Crippen molar-refractivity contribution in [3.05, 3.63) is 66.8 Å². The third kappa shape index (κ3) is 4.72. The number of hydrogen-bond acceptors (Lipinski definition) is 5. The normalized spacial score (nSPS) is 10.7. The van der Waals surface area contributed by atoms with Gasteiger partial charge in [-0.15, -0.1) is 10.2 Å². The molecular weight excluding hydrogens is 344 g/mol. The molecule has 0 bridgehead atoms. The van der Waals surface area contributed by atoms with Crippen molar-refractivity contribution in [2.75, 3.05) is 19.0 Å². The highest BCUT2D eigenvalue weighted by Gasteiger charge is 2.09. The first-order chi connectivity index (χ1) is 13.2. The van der Waals surface area contributed by atoms with Gasteiger partial charge in [-0.1, -0.05) is 24.3 Å². The fraction of sp³-hybridized carbons (Fsp3) is 0.150. The first-order valence-corrected chi connectivity index (χ1v) is 8.38. The molecule has 0 saturated heterocycles. The second kappa shape index (κ2) is 8.66. The first-order valence-electron chi connectivity index (χ1n) is 8.38. The largest absolute Gasteiger partial charge is 0.493 e. The zero-order valence-corrected chi connectivity index (χ0v) is 15.1. The van der Waals surface area contributed by atoms with Crippen LogP contribution in [0.2, 0.25) is 0 Å². The van der Waals surface area contributed by atoms with Crippen LogP contribution >= 0.6 is 0 Å². The Morgan fingerprint density at radius 3 is 2.70 bits per heavy atom. The Morgan fingerprint density at radius 1 is 1.15 bits per heavy atom. The van der Waals surface area contributed by atoms with Crippen LogP contribution in [0.5, 0.6) is 11.5 Å². The lowest BCUT2D eigenvalue weighted by Gasteiger charge is -2.12. The zero-order valence-electron chi connectivity index (χ0n) is 15.1. The van der Waals surface area contributed by atoms with Crippen LogP contribution in [0.1, 0.15) is 12.5 Å². The van der Waals surface area contributed by atoms with Gasteiger partial charge in [-0.05, 0) is 42.8 Å². The summed E-state index contributed by atoms with van der Waals surface area (Å²) in [6, 6.07) is 12.9. The van der Waals surface area contributed by atoms with Crippen LogP contribution in [0.15, 0.2) is 61.2 Å². The van der Waals surface area contributed by atoms with Gasteiger partial charge < -0.3 is 14.8 Å². The van der Waals surface area contributed by atoms with Crippen LogP contribution in [0, 0.1) is 0 Å². The van der Waals surface area contributed by atoms with Crippen molar-refractivity contribution in [1.82, 2.24) is 14.8 Å². The minimum absolute atomic E-state index is 0.129. The molecule has 0 atom stereocenters. The molecule has 0 saturated carbocycles. The van der Waals surface area contributed by atoms with Crippen molar-refractivity contribution in [2.45, 2.75) is 6.92 Å². The van der Waals surface area contributed by atoms with Gasteiger partial charge in [-0.3, -0.25) is 9.36 Å². The molecule has 0 aliphatic carbocycles. The number of carbonyl (C=O) groups is 1. The number of aromatic nitrogens is 3. The SMILES string of the molecule is CC=Cc1ccc(OCC(=O)Nc2cccc(-n3cnnc3)c2)c(OC)c1. The maximum absolute atomic E-state index is 12.2. The third-order valence-electron chi connectivity index (χ3n) is 3.75. The summed E-state index contributed by atoms with van der Waals surface area (Å²) in [6.07, 6.45) is 7.08. The molecule has 1 aromatic heterocycles. The fourth-order valence-electron chi connectivity index (χ4n) is 2.52. The molecule has 2 aromatic carbocycles. The van der Waals surface area contributed by atoms with Crippen molar-refractivity contribution >= 4 is 17.7 Å². The molecule has 7 heteroatoms. The number of nitrogens with one attached hydrogen (secondary N) is 1. The van der Waals surface area contributed by atoms with E-state index in [0.29, 0.717) is 17.2 Å². The van der Waals surface area contributed by atoms with Crippen LogP contribution in [-0.2, 0) is 4.79 Å². The van der Waals surface area contributed by atoms with Crippen LogP contribution < -0.4 is 14.8 Å². The lowest BCUT2D eigenvalue weighted by molar-refractivity contribution is -0.118. The van der Waals surface area contributed by atoms with Gasteiger partial charge in [0.2, 0.25) is 0 Å². The predicted octanol–water partition coefficient (Wildman–Crippen LogP) is 3.33. The van der Waals surface area contributed by atoms with Crippen LogP contribution in [-0.4, -0.2) is 34.4 Å². The zero-order chi connectivity index (χ0) is 19.1. The molecule has 0 unspecified atom stereocenters. The van der Waals surface area contributed by atoms with Crippen molar-refractivity contribution in [3.63, 3.8) is 0 Å².